The first-order chi connectivity index (χ1) is 18.7. The van der Waals surface area contributed by atoms with Crippen molar-refractivity contribution >= 4 is 50.7 Å². The number of sulfonamides is 1. The van der Waals surface area contributed by atoms with E-state index in [-0.39, 0.29) is 46.4 Å². The molecule has 1 atom stereocenters. The van der Waals surface area contributed by atoms with E-state index in [1.807, 2.05) is 36.4 Å². The zero-order valence-electron chi connectivity index (χ0n) is 20.9. The number of rotatable bonds is 6. The molecule has 0 bridgehead atoms. The minimum atomic E-state index is -3.87. The van der Waals surface area contributed by atoms with Crippen LogP contribution in [0.4, 0.5) is 5.69 Å². The van der Waals surface area contributed by atoms with E-state index in [1.165, 1.54) is 22.5 Å². The lowest BCUT2D eigenvalue weighted by Crippen LogP contribution is -2.53. The fraction of sp³-hybridized carbons (Fsp3) is 0.286. The molecule has 1 fully saturated rings. The normalized spacial score (nSPS) is 18.2. The van der Waals surface area contributed by atoms with E-state index in [0.717, 1.165) is 5.56 Å². The highest BCUT2D eigenvalue weighted by Gasteiger charge is 2.39. The molecule has 204 valence electrons. The van der Waals surface area contributed by atoms with E-state index in [1.54, 1.807) is 23.1 Å². The maximum absolute atomic E-state index is 13.7. The number of benzene rings is 3. The van der Waals surface area contributed by atoms with Gasteiger partial charge in [-0.3, -0.25) is 9.59 Å². The van der Waals surface area contributed by atoms with Crippen LogP contribution in [-0.2, 0) is 26.2 Å². The molecule has 2 heterocycles. The second-order valence-electron chi connectivity index (χ2n) is 9.48. The number of carbonyl (C=O) groups excluding carboxylic acids is 2. The van der Waals surface area contributed by atoms with Gasteiger partial charge >= 0.3 is 0 Å². The van der Waals surface area contributed by atoms with Crippen LogP contribution in [0.15, 0.2) is 77.7 Å². The van der Waals surface area contributed by atoms with Gasteiger partial charge in [0.25, 0.3) is 5.91 Å². The molecule has 3 aromatic carbocycles. The number of para-hydroxylation sites is 2. The molecular weight excluding hydrogens is 561 g/mol. The van der Waals surface area contributed by atoms with Crippen molar-refractivity contribution in [3.05, 3.63) is 88.4 Å². The Kier molecular flexibility index (Phi) is 8.13. The Bertz CT molecular complexity index is 1480. The molecule has 0 radical (unpaired) electrons. The average Bonchev–Trinajstić information content (AvgIpc) is 2.96. The number of amides is 2. The highest BCUT2D eigenvalue weighted by molar-refractivity contribution is 7.89. The van der Waals surface area contributed by atoms with Crippen molar-refractivity contribution in [1.82, 2.24) is 9.62 Å². The molecule has 5 rings (SSSR count). The molecule has 1 saturated heterocycles. The van der Waals surface area contributed by atoms with Crippen LogP contribution in [0.2, 0.25) is 10.0 Å². The van der Waals surface area contributed by atoms with Gasteiger partial charge in [-0.1, -0.05) is 65.7 Å². The molecule has 2 aliphatic heterocycles. The Morgan fingerprint density at radius 2 is 1.64 bits per heavy atom. The Morgan fingerprint density at radius 3 is 2.38 bits per heavy atom. The lowest BCUT2D eigenvalue weighted by molar-refractivity contribution is -0.129. The van der Waals surface area contributed by atoms with E-state index in [9.17, 15) is 18.0 Å². The predicted octanol–water partition coefficient (Wildman–Crippen LogP) is 4.50. The van der Waals surface area contributed by atoms with E-state index in [2.05, 4.69) is 5.32 Å². The zero-order valence-corrected chi connectivity index (χ0v) is 23.3. The molecule has 8 nitrogen and oxygen atoms in total. The number of fused-ring (bicyclic) bond motifs is 1. The summed E-state index contributed by atoms with van der Waals surface area (Å²) in [5.74, 6) is -0.437. The fourth-order valence-corrected chi connectivity index (χ4v) is 7.06. The van der Waals surface area contributed by atoms with Crippen molar-refractivity contribution in [2.45, 2.75) is 30.4 Å². The van der Waals surface area contributed by atoms with Crippen LogP contribution < -0.4 is 15.0 Å². The summed E-state index contributed by atoms with van der Waals surface area (Å²) >= 11 is 12.2. The van der Waals surface area contributed by atoms with Gasteiger partial charge in [0.2, 0.25) is 15.9 Å². The van der Waals surface area contributed by atoms with Gasteiger partial charge in [-0.05, 0) is 48.7 Å². The third kappa shape index (κ3) is 5.91. The molecule has 39 heavy (non-hydrogen) atoms. The molecular formula is C28H27Cl2N3O5S. The maximum Gasteiger partial charge on any atom is 0.263 e. The first-order valence-corrected chi connectivity index (χ1v) is 14.8. The number of halogens is 2. The van der Waals surface area contributed by atoms with E-state index >= 15 is 0 Å². The van der Waals surface area contributed by atoms with Gasteiger partial charge in [0, 0.05) is 30.6 Å². The van der Waals surface area contributed by atoms with E-state index in [0.29, 0.717) is 30.8 Å². The summed E-state index contributed by atoms with van der Waals surface area (Å²) in [6, 6.07) is 21.0. The van der Waals surface area contributed by atoms with Gasteiger partial charge in [0.1, 0.15) is 10.6 Å². The van der Waals surface area contributed by atoms with Crippen LogP contribution in [0, 0.1) is 5.92 Å². The molecule has 0 unspecified atom stereocenters. The Balaban J connectivity index is 1.27. The topological polar surface area (TPSA) is 96.0 Å². The molecule has 0 aliphatic carbocycles. The summed E-state index contributed by atoms with van der Waals surface area (Å²) in [6.07, 6.45) is -0.209. The van der Waals surface area contributed by atoms with Crippen LogP contribution >= 0.6 is 23.2 Å². The molecule has 2 amide bonds. The smallest absolute Gasteiger partial charge is 0.263 e. The van der Waals surface area contributed by atoms with Crippen molar-refractivity contribution in [3.8, 4) is 5.75 Å². The highest BCUT2D eigenvalue weighted by Crippen LogP contribution is 2.36. The molecule has 0 spiro atoms. The van der Waals surface area contributed by atoms with Crippen molar-refractivity contribution in [2.24, 2.45) is 5.92 Å². The van der Waals surface area contributed by atoms with Gasteiger partial charge < -0.3 is 15.0 Å². The van der Waals surface area contributed by atoms with Gasteiger partial charge in [0.15, 0.2) is 6.10 Å². The SMILES string of the molecule is O=C(NCc1ccccc1)[C@@H]1CN(C(=O)C2CCN(S(=O)(=O)c3cc(Cl)ccc3Cl)CC2)c2ccccc2O1. The van der Waals surface area contributed by atoms with Crippen LogP contribution in [0.5, 0.6) is 5.75 Å². The largest absolute Gasteiger partial charge is 0.477 e. The average molecular weight is 589 g/mol. The minimum absolute atomic E-state index is 0.0482. The number of piperidine rings is 1. The molecule has 0 saturated carbocycles. The summed E-state index contributed by atoms with van der Waals surface area (Å²) < 4.78 is 33.7. The number of hydrogen-bond donors (Lipinski definition) is 1. The van der Waals surface area contributed by atoms with Gasteiger partial charge in [0.05, 0.1) is 17.3 Å². The van der Waals surface area contributed by atoms with E-state index in [4.69, 9.17) is 27.9 Å². The second-order valence-corrected chi connectivity index (χ2v) is 12.2. The number of ether oxygens (including phenoxy) is 1. The Hall–Kier alpha value is -3.11. The summed E-state index contributed by atoms with van der Waals surface area (Å²) in [5.41, 5.74) is 1.55. The lowest BCUT2D eigenvalue weighted by atomic mass is 9.95. The van der Waals surface area contributed by atoms with Gasteiger partial charge in [-0.2, -0.15) is 4.31 Å². The third-order valence-electron chi connectivity index (χ3n) is 6.96. The Labute approximate surface area is 237 Å². The van der Waals surface area contributed by atoms with Crippen molar-refractivity contribution < 1.29 is 22.7 Å². The zero-order chi connectivity index (χ0) is 27.6. The number of anilines is 1. The lowest BCUT2D eigenvalue weighted by Gasteiger charge is -2.38. The first-order valence-electron chi connectivity index (χ1n) is 12.6. The van der Waals surface area contributed by atoms with Gasteiger partial charge in [-0.25, -0.2) is 8.42 Å². The fourth-order valence-electron chi connectivity index (χ4n) is 4.86. The maximum atomic E-state index is 13.7. The number of nitrogens with zero attached hydrogens (tertiary/aromatic N) is 2. The predicted molar refractivity (Wildman–Crippen MR) is 149 cm³/mol. The van der Waals surface area contributed by atoms with Crippen LogP contribution in [0.25, 0.3) is 0 Å². The molecule has 11 heteroatoms. The quantitative estimate of drug-likeness (QED) is 0.458. The summed E-state index contributed by atoms with van der Waals surface area (Å²) in [6.45, 7) is 0.731. The standard InChI is InChI=1S/C28H27Cl2N3O5S/c29-21-10-11-22(30)26(16-21)39(36,37)32-14-12-20(13-15-32)28(35)33-18-25(38-24-9-5-4-8-23(24)33)27(34)31-17-19-6-2-1-3-7-19/h1-11,16,20,25H,12-15,17-18H2,(H,31,34)/t25-/m0/s1. The third-order valence-corrected chi connectivity index (χ3v) is 9.57. The monoisotopic (exact) mass is 587 g/mol. The molecule has 0 aromatic heterocycles. The molecule has 2 aliphatic rings. The van der Waals surface area contributed by atoms with Crippen molar-refractivity contribution in [2.75, 3.05) is 24.5 Å². The minimum Gasteiger partial charge on any atom is -0.477 e. The number of hydrogen-bond acceptors (Lipinski definition) is 5. The number of nitrogens with one attached hydrogen (secondary N) is 1. The van der Waals surface area contributed by atoms with E-state index < -0.39 is 22.0 Å². The summed E-state index contributed by atoms with van der Waals surface area (Å²) in [4.78, 5) is 28.3. The van der Waals surface area contributed by atoms with Crippen molar-refractivity contribution in [1.29, 1.82) is 0 Å². The van der Waals surface area contributed by atoms with Crippen LogP contribution in [-0.4, -0.2) is 50.3 Å². The summed E-state index contributed by atoms with van der Waals surface area (Å²) in [5, 5.41) is 3.26. The summed E-state index contributed by atoms with van der Waals surface area (Å²) in [7, 11) is -3.87. The number of carbonyl (C=O) groups is 2. The second kappa shape index (κ2) is 11.6. The van der Waals surface area contributed by atoms with Gasteiger partial charge in [-0.15, -0.1) is 0 Å². The Morgan fingerprint density at radius 1 is 0.949 bits per heavy atom. The van der Waals surface area contributed by atoms with Crippen molar-refractivity contribution in [3.63, 3.8) is 0 Å². The highest BCUT2D eigenvalue weighted by atomic mass is 35.5. The molecule has 3 aromatic rings. The molecule has 1 N–H and O–H groups in total. The van der Waals surface area contributed by atoms with Crippen LogP contribution in [0.3, 0.4) is 0 Å². The van der Waals surface area contributed by atoms with Crippen LogP contribution in [0.1, 0.15) is 18.4 Å². The first kappa shape index (κ1) is 27.5.